The number of anilines is 1. The zero-order chi connectivity index (χ0) is 17.5. The molecule has 0 atom stereocenters. The van der Waals surface area contributed by atoms with Gasteiger partial charge in [0.05, 0.1) is 6.54 Å². The first-order valence-electron chi connectivity index (χ1n) is 6.29. The quantitative estimate of drug-likeness (QED) is 0.710. The standard InChI is InChI=1S/C11H9F3N6O2S2/c12-11(13,14)10-18-17-8-3-2-7(19-20(8)10)16-5-6-1-4-9(23-6)24(15,21)22/h1-4H,5H2,(H,16,19)(H2,15,21,22). The summed E-state index contributed by atoms with van der Waals surface area (Å²) >= 11 is 0.957. The highest BCUT2D eigenvalue weighted by Gasteiger charge is 2.37. The second kappa shape index (κ2) is 5.68. The number of nitrogens with one attached hydrogen (secondary N) is 1. The van der Waals surface area contributed by atoms with Crippen molar-refractivity contribution < 1.29 is 21.6 Å². The molecular formula is C11H9F3N6O2S2. The summed E-state index contributed by atoms with van der Waals surface area (Å²) in [5.41, 5.74) is -0.0412. The molecule has 3 heterocycles. The van der Waals surface area contributed by atoms with E-state index in [1.165, 1.54) is 18.2 Å². The van der Waals surface area contributed by atoms with Gasteiger partial charge in [-0.25, -0.2) is 13.6 Å². The number of aromatic nitrogens is 4. The molecule has 0 spiro atoms. The lowest BCUT2D eigenvalue weighted by atomic mass is 10.4. The number of alkyl halides is 3. The van der Waals surface area contributed by atoms with Crippen LogP contribution in [-0.2, 0) is 22.7 Å². The molecule has 0 radical (unpaired) electrons. The molecule has 0 aliphatic heterocycles. The molecule has 0 aromatic carbocycles. The summed E-state index contributed by atoms with van der Waals surface area (Å²) in [5, 5.41) is 18.1. The maximum absolute atomic E-state index is 12.8. The van der Waals surface area contributed by atoms with Gasteiger partial charge in [0.2, 0.25) is 10.0 Å². The molecular weight excluding hydrogens is 369 g/mol. The van der Waals surface area contributed by atoms with Crippen LogP contribution in [0.3, 0.4) is 0 Å². The van der Waals surface area contributed by atoms with Crippen LogP contribution in [0.15, 0.2) is 28.5 Å². The Labute approximate surface area is 137 Å². The molecule has 3 N–H and O–H groups in total. The largest absolute Gasteiger partial charge is 0.453 e. The van der Waals surface area contributed by atoms with Gasteiger partial charge < -0.3 is 5.32 Å². The highest BCUT2D eigenvalue weighted by molar-refractivity contribution is 7.91. The fourth-order valence-electron chi connectivity index (χ4n) is 1.84. The summed E-state index contributed by atoms with van der Waals surface area (Å²) < 4.78 is 61.4. The normalized spacial score (nSPS) is 12.7. The Hall–Kier alpha value is -2.25. The molecule has 0 unspecified atom stereocenters. The first-order valence-corrected chi connectivity index (χ1v) is 8.66. The van der Waals surface area contributed by atoms with Gasteiger partial charge in [-0.3, -0.25) is 0 Å². The third-order valence-corrected chi connectivity index (χ3v) is 5.40. The molecule has 0 aliphatic rings. The second-order valence-electron chi connectivity index (χ2n) is 4.63. The first kappa shape index (κ1) is 16.6. The summed E-state index contributed by atoms with van der Waals surface area (Å²) in [4.78, 5) is 0.626. The average molecular weight is 378 g/mol. The SMILES string of the molecule is NS(=O)(=O)c1ccc(CNc2ccc3nnc(C(F)(F)F)n3n2)s1. The van der Waals surface area contributed by atoms with Gasteiger partial charge in [-0.15, -0.1) is 26.6 Å². The molecule has 8 nitrogen and oxygen atoms in total. The van der Waals surface area contributed by atoms with E-state index in [1.807, 2.05) is 0 Å². The van der Waals surface area contributed by atoms with Crippen LogP contribution in [0, 0.1) is 0 Å². The van der Waals surface area contributed by atoms with Gasteiger partial charge in [-0.2, -0.15) is 17.7 Å². The zero-order valence-corrected chi connectivity index (χ0v) is 13.3. The predicted octanol–water partition coefficient (Wildman–Crippen LogP) is 1.46. The lowest BCUT2D eigenvalue weighted by Crippen LogP contribution is -2.13. The van der Waals surface area contributed by atoms with E-state index in [0.717, 1.165) is 11.3 Å². The van der Waals surface area contributed by atoms with E-state index in [2.05, 4.69) is 20.6 Å². The maximum atomic E-state index is 12.8. The van der Waals surface area contributed by atoms with E-state index in [0.29, 0.717) is 9.39 Å². The summed E-state index contributed by atoms with van der Waals surface area (Å²) in [6, 6.07) is 5.69. The van der Waals surface area contributed by atoms with Gasteiger partial charge in [0.1, 0.15) is 10.0 Å². The summed E-state index contributed by atoms with van der Waals surface area (Å²) in [6.45, 7) is 0.169. The van der Waals surface area contributed by atoms with E-state index in [9.17, 15) is 21.6 Å². The Balaban J connectivity index is 1.82. The van der Waals surface area contributed by atoms with Gasteiger partial charge in [0.15, 0.2) is 5.65 Å². The molecule has 0 bridgehead atoms. The number of thiophene rings is 1. The Morgan fingerprint density at radius 3 is 2.58 bits per heavy atom. The predicted molar refractivity (Wildman–Crippen MR) is 78.8 cm³/mol. The Kier molecular flexibility index (Phi) is 3.93. The Morgan fingerprint density at radius 1 is 1.21 bits per heavy atom. The van der Waals surface area contributed by atoms with E-state index in [-0.39, 0.29) is 22.2 Å². The molecule has 13 heteroatoms. The number of rotatable bonds is 4. The number of sulfonamides is 1. The molecule has 0 saturated carbocycles. The Morgan fingerprint density at radius 2 is 1.96 bits per heavy atom. The van der Waals surface area contributed by atoms with Crippen molar-refractivity contribution in [3.8, 4) is 0 Å². The highest BCUT2D eigenvalue weighted by atomic mass is 32.2. The number of fused-ring (bicyclic) bond motifs is 1. The molecule has 3 aromatic rings. The molecule has 0 fully saturated rings. The van der Waals surface area contributed by atoms with Crippen molar-refractivity contribution in [1.82, 2.24) is 19.8 Å². The highest BCUT2D eigenvalue weighted by Crippen LogP contribution is 2.27. The first-order chi connectivity index (χ1) is 11.1. The van der Waals surface area contributed by atoms with Crippen molar-refractivity contribution >= 4 is 32.8 Å². The minimum Gasteiger partial charge on any atom is -0.364 e. The molecule has 3 aromatic heterocycles. The summed E-state index contributed by atoms with van der Waals surface area (Å²) in [7, 11) is -3.78. The number of hydrogen-bond acceptors (Lipinski definition) is 7. The number of halogens is 3. The minimum absolute atomic E-state index is 0.000813. The molecule has 0 aliphatic carbocycles. The maximum Gasteiger partial charge on any atom is 0.453 e. The third-order valence-electron chi connectivity index (χ3n) is 2.88. The van der Waals surface area contributed by atoms with Crippen LogP contribution in [0.5, 0.6) is 0 Å². The lowest BCUT2D eigenvalue weighted by molar-refractivity contribution is -0.146. The van der Waals surface area contributed by atoms with Crippen molar-refractivity contribution in [2.45, 2.75) is 16.9 Å². The van der Waals surface area contributed by atoms with Gasteiger partial charge in [-0.1, -0.05) is 0 Å². The topological polar surface area (TPSA) is 115 Å². The number of primary sulfonamides is 1. The van der Waals surface area contributed by atoms with E-state index in [4.69, 9.17) is 5.14 Å². The number of hydrogen-bond donors (Lipinski definition) is 2. The summed E-state index contributed by atoms with van der Waals surface area (Å²) in [5.74, 6) is -1.08. The fraction of sp³-hybridized carbons (Fsp3) is 0.182. The third kappa shape index (κ3) is 3.32. The molecule has 128 valence electrons. The van der Waals surface area contributed by atoms with Crippen molar-refractivity contribution in [3.63, 3.8) is 0 Å². The molecule has 24 heavy (non-hydrogen) atoms. The summed E-state index contributed by atoms with van der Waals surface area (Å²) in [6.07, 6.45) is -4.68. The van der Waals surface area contributed by atoms with Crippen LogP contribution in [-0.4, -0.2) is 28.2 Å². The zero-order valence-electron chi connectivity index (χ0n) is 11.6. The van der Waals surface area contributed by atoms with Crippen LogP contribution >= 0.6 is 11.3 Å². The minimum atomic E-state index is -4.68. The van der Waals surface area contributed by atoms with Crippen molar-refractivity contribution in [2.75, 3.05) is 5.32 Å². The van der Waals surface area contributed by atoms with Gasteiger partial charge in [-0.05, 0) is 24.3 Å². The molecule has 0 amide bonds. The van der Waals surface area contributed by atoms with E-state index in [1.54, 1.807) is 6.07 Å². The number of nitrogens with two attached hydrogens (primary N) is 1. The smallest absolute Gasteiger partial charge is 0.364 e. The van der Waals surface area contributed by atoms with Crippen LogP contribution < -0.4 is 10.5 Å². The number of nitrogens with zero attached hydrogens (tertiary/aromatic N) is 4. The lowest BCUT2D eigenvalue weighted by Gasteiger charge is -2.06. The monoisotopic (exact) mass is 378 g/mol. The van der Waals surface area contributed by atoms with Gasteiger partial charge in [0.25, 0.3) is 5.82 Å². The van der Waals surface area contributed by atoms with Crippen LogP contribution in [0.25, 0.3) is 5.65 Å². The van der Waals surface area contributed by atoms with Crippen molar-refractivity contribution in [3.05, 3.63) is 35.0 Å². The second-order valence-corrected chi connectivity index (χ2v) is 7.59. The average Bonchev–Trinajstić information content (AvgIpc) is 3.10. The Bertz CT molecular complexity index is 995. The fourth-order valence-corrected chi connectivity index (χ4v) is 3.56. The van der Waals surface area contributed by atoms with Crippen molar-refractivity contribution in [2.24, 2.45) is 5.14 Å². The van der Waals surface area contributed by atoms with Crippen LogP contribution in [0.2, 0.25) is 0 Å². The molecule has 3 rings (SSSR count). The van der Waals surface area contributed by atoms with Gasteiger partial charge >= 0.3 is 6.18 Å². The van der Waals surface area contributed by atoms with Gasteiger partial charge in [0, 0.05) is 4.88 Å². The van der Waals surface area contributed by atoms with E-state index >= 15 is 0 Å². The van der Waals surface area contributed by atoms with Crippen LogP contribution in [0.1, 0.15) is 10.7 Å². The van der Waals surface area contributed by atoms with E-state index < -0.39 is 22.0 Å². The van der Waals surface area contributed by atoms with Crippen molar-refractivity contribution in [1.29, 1.82) is 0 Å². The molecule has 0 saturated heterocycles. The van der Waals surface area contributed by atoms with Crippen LogP contribution in [0.4, 0.5) is 19.0 Å².